The van der Waals surface area contributed by atoms with Gasteiger partial charge in [0.2, 0.25) is 5.91 Å². The molecule has 1 amide bonds. The molecule has 1 unspecified atom stereocenters. The van der Waals surface area contributed by atoms with E-state index in [1.807, 2.05) is 31.4 Å². The minimum Gasteiger partial charge on any atom is -0.493 e. The molecule has 0 aliphatic rings. The lowest BCUT2D eigenvalue weighted by molar-refractivity contribution is -0.123. The summed E-state index contributed by atoms with van der Waals surface area (Å²) in [5, 5.41) is 10.1. The fourth-order valence-electron chi connectivity index (χ4n) is 2.51. The van der Waals surface area contributed by atoms with E-state index in [2.05, 4.69) is 15.7 Å². The van der Waals surface area contributed by atoms with Gasteiger partial charge in [-0.05, 0) is 31.2 Å². The van der Waals surface area contributed by atoms with Crippen LogP contribution < -0.4 is 20.1 Å². The smallest absolute Gasteiger partial charge is 0.241 e. The summed E-state index contributed by atoms with van der Waals surface area (Å²) in [6.07, 6.45) is 4.22. The number of aromatic nitrogens is 2. The number of likely N-dealkylation sites (N-methyl/N-ethyl adjacent to an activating group) is 1. The second-order valence-corrected chi connectivity index (χ2v) is 5.40. The third kappa shape index (κ3) is 5.37. The van der Waals surface area contributed by atoms with Crippen molar-refractivity contribution >= 4 is 18.3 Å². The summed E-state index contributed by atoms with van der Waals surface area (Å²) in [7, 11) is 6.79. The quantitative estimate of drug-likeness (QED) is 0.738. The molecule has 8 heteroatoms. The maximum absolute atomic E-state index is 12.3. The molecule has 0 radical (unpaired) electrons. The van der Waals surface area contributed by atoms with Gasteiger partial charge in [-0.15, -0.1) is 12.4 Å². The first-order chi connectivity index (χ1) is 11.6. The molecule has 0 saturated carbocycles. The number of carbonyl (C=O) groups excluding carboxylic acids is 1. The van der Waals surface area contributed by atoms with Crippen LogP contribution in [0, 0.1) is 0 Å². The van der Waals surface area contributed by atoms with Crippen LogP contribution in [-0.2, 0) is 18.3 Å². The van der Waals surface area contributed by atoms with Gasteiger partial charge in [-0.1, -0.05) is 6.07 Å². The van der Waals surface area contributed by atoms with Crippen LogP contribution in [0.1, 0.15) is 17.2 Å². The van der Waals surface area contributed by atoms with Gasteiger partial charge in [0.05, 0.1) is 20.4 Å². The van der Waals surface area contributed by atoms with Crippen molar-refractivity contribution in [2.24, 2.45) is 7.05 Å². The van der Waals surface area contributed by atoms with Crippen molar-refractivity contribution in [2.75, 3.05) is 27.8 Å². The Balaban J connectivity index is 0.00000312. The van der Waals surface area contributed by atoms with E-state index in [1.54, 1.807) is 32.1 Å². The maximum Gasteiger partial charge on any atom is 0.241 e. The first-order valence-electron chi connectivity index (χ1n) is 7.73. The monoisotopic (exact) mass is 368 g/mol. The average Bonchev–Trinajstić information content (AvgIpc) is 3.01. The second kappa shape index (κ2) is 9.90. The first kappa shape index (κ1) is 20.8. The molecule has 0 fully saturated rings. The van der Waals surface area contributed by atoms with E-state index < -0.39 is 6.04 Å². The van der Waals surface area contributed by atoms with Crippen LogP contribution in [0.3, 0.4) is 0 Å². The Labute approximate surface area is 154 Å². The van der Waals surface area contributed by atoms with Crippen LogP contribution in [0.5, 0.6) is 11.5 Å². The molecule has 0 saturated heterocycles. The van der Waals surface area contributed by atoms with Gasteiger partial charge < -0.3 is 20.1 Å². The molecular weight excluding hydrogens is 344 g/mol. The Morgan fingerprint density at radius 1 is 1.28 bits per heavy atom. The molecule has 25 heavy (non-hydrogen) atoms. The number of amides is 1. The van der Waals surface area contributed by atoms with Crippen molar-refractivity contribution in [2.45, 2.75) is 12.5 Å². The van der Waals surface area contributed by atoms with Gasteiger partial charge in [-0.2, -0.15) is 5.10 Å². The zero-order chi connectivity index (χ0) is 17.5. The third-order valence-corrected chi connectivity index (χ3v) is 3.77. The van der Waals surface area contributed by atoms with Crippen LogP contribution in [0.4, 0.5) is 0 Å². The summed E-state index contributed by atoms with van der Waals surface area (Å²) in [6, 6.07) is 5.33. The number of hydrogen-bond acceptors (Lipinski definition) is 5. The molecule has 2 rings (SSSR count). The van der Waals surface area contributed by atoms with Crippen molar-refractivity contribution in [3.05, 3.63) is 41.7 Å². The Bertz CT molecular complexity index is 690. The minimum absolute atomic E-state index is 0. The van der Waals surface area contributed by atoms with E-state index in [9.17, 15) is 4.79 Å². The van der Waals surface area contributed by atoms with Gasteiger partial charge in [-0.25, -0.2) is 0 Å². The van der Waals surface area contributed by atoms with Gasteiger partial charge >= 0.3 is 0 Å². The predicted molar refractivity (Wildman–Crippen MR) is 98.5 cm³/mol. The molecule has 2 aromatic rings. The lowest BCUT2D eigenvalue weighted by Gasteiger charge is -2.15. The van der Waals surface area contributed by atoms with Crippen molar-refractivity contribution < 1.29 is 14.3 Å². The summed E-state index contributed by atoms with van der Waals surface area (Å²) < 4.78 is 12.2. The highest BCUT2D eigenvalue weighted by molar-refractivity contribution is 5.85. The van der Waals surface area contributed by atoms with Crippen molar-refractivity contribution in [1.29, 1.82) is 0 Å². The van der Waals surface area contributed by atoms with Gasteiger partial charge in [-0.3, -0.25) is 9.48 Å². The van der Waals surface area contributed by atoms with Crippen LogP contribution in [0.2, 0.25) is 0 Å². The minimum atomic E-state index is -0.413. The predicted octanol–water partition coefficient (Wildman–Crippen LogP) is 1.48. The van der Waals surface area contributed by atoms with Gasteiger partial charge in [0.15, 0.2) is 11.5 Å². The number of aryl methyl sites for hydroxylation is 1. The normalized spacial score (nSPS) is 11.4. The highest BCUT2D eigenvalue weighted by Gasteiger charge is 2.19. The van der Waals surface area contributed by atoms with Crippen molar-refractivity contribution in [3.8, 4) is 11.5 Å². The SMILES string of the molecule is CNC(C(=O)NCCc1ccc(OC)c(OC)c1)c1cnn(C)c1.Cl. The van der Waals surface area contributed by atoms with Crippen LogP contribution in [0.15, 0.2) is 30.6 Å². The fourth-order valence-corrected chi connectivity index (χ4v) is 2.51. The summed E-state index contributed by atoms with van der Waals surface area (Å²) in [5.41, 5.74) is 1.90. The standard InChI is InChI=1S/C17H24N4O3.ClH/c1-18-16(13-10-20-21(2)11-13)17(22)19-8-7-12-5-6-14(23-3)15(9-12)24-4;/h5-6,9-11,16,18H,7-8H2,1-4H3,(H,19,22);1H. The topological polar surface area (TPSA) is 77.4 Å². The Morgan fingerprint density at radius 2 is 2.00 bits per heavy atom. The van der Waals surface area contributed by atoms with E-state index >= 15 is 0 Å². The van der Waals surface area contributed by atoms with Crippen molar-refractivity contribution in [1.82, 2.24) is 20.4 Å². The Kier molecular flexibility index (Phi) is 8.24. The number of halogens is 1. The summed E-state index contributed by atoms with van der Waals surface area (Å²) in [5.74, 6) is 1.30. The number of nitrogens with zero attached hydrogens (tertiary/aromatic N) is 2. The van der Waals surface area contributed by atoms with Crippen LogP contribution >= 0.6 is 12.4 Å². The molecular formula is C17H25ClN4O3. The van der Waals surface area contributed by atoms with Crippen LogP contribution in [-0.4, -0.2) is 43.5 Å². The molecule has 0 aliphatic heterocycles. The molecule has 1 heterocycles. The molecule has 1 aromatic heterocycles. The van der Waals surface area contributed by atoms with E-state index in [0.29, 0.717) is 24.5 Å². The zero-order valence-electron chi connectivity index (χ0n) is 14.9. The number of ether oxygens (including phenoxy) is 2. The van der Waals surface area contributed by atoms with Gasteiger partial charge in [0, 0.05) is 25.4 Å². The van der Waals surface area contributed by atoms with Crippen LogP contribution in [0.25, 0.3) is 0 Å². The Morgan fingerprint density at radius 3 is 2.56 bits per heavy atom. The number of hydrogen-bond donors (Lipinski definition) is 2. The number of carbonyl (C=O) groups is 1. The lowest BCUT2D eigenvalue weighted by Crippen LogP contribution is -2.36. The molecule has 0 bridgehead atoms. The third-order valence-electron chi connectivity index (χ3n) is 3.77. The van der Waals surface area contributed by atoms with Gasteiger partial charge in [0.1, 0.15) is 6.04 Å². The molecule has 1 atom stereocenters. The van der Waals surface area contributed by atoms with E-state index in [4.69, 9.17) is 9.47 Å². The summed E-state index contributed by atoms with van der Waals surface area (Å²) in [4.78, 5) is 12.3. The summed E-state index contributed by atoms with van der Waals surface area (Å²) in [6.45, 7) is 0.534. The maximum atomic E-state index is 12.3. The summed E-state index contributed by atoms with van der Waals surface area (Å²) >= 11 is 0. The van der Waals surface area contributed by atoms with Gasteiger partial charge in [0.25, 0.3) is 0 Å². The van der Waals surface area contributed by atoms with E-state index in [0.717, 1.165) is 11.1 Å². The fraction of sp³-hybridized carbons (Fsp3) is 0.412. The highest BCUT2D eigenvalue weighted by atomic mass is 35.5. The number of rotatable bonds is 8. The van der Waals surface area contributed by atoms with E-state index in [-0.39, 0.29) is 18.3 Å². The average molecular weight is 369 g/mol. The molecule has 0 spiro atoms. The van der Waals surface area contributed by atoms with E-state index in [1.165, 1.54) is 0 Å². The molecule has 0 aliphatic carbocycles. The zero-order valence-corrected chi connectivity index (χ0v) is 15.7. The number of nitrogens with one attached hydrogen (secondary N) is 2. The Hall–Kier alpha value is -2.25. The second-order valence-electron chi connectivity index (χ2n) is 5.40. The molecule has 7 nitrogen and oxygen atoms in total. The lowest BCUT2D eigenvalue weighted by atomic mass is 10.1. The largest absolute Gasteiger partial charge is 0.493 e. The van der Waals surface area contributed by atoms with Crippen molar-refractivity contribution in [3.63, 3.8) is 0 Å². The molecule has 138 valence electrons. The number of benzene rings is 1. The molecule has 2 N–H and O–H groups in total. The molecule has 1 aromatic carbocycles. The number of methoxy groups -OCH3 is 2. The first-order valence-corrected chi connectivity index (χ1v) is 7.73. The highest BCUT2D eigenvalue weighted by Crippen LogP contribution is 2.27.